The molecule has 4 rings (SSSR count). The van der Waals surface area contributed by atoms with Gasteiger partial charge in [0.05, 0.1) is 6.61 Å². The first-order valence-corrected chi connectivity index (χ1v) is 19.8. The van der Waals surface area contributed by atoms with Gasteiger partial charge in [0.15, 0.2) is 0 Å². The third-order valence-corrected chi connectivity index (χ3v) is 11.0. The van der Waals surface area contributed by atoms with E-state index in [4.69, 9.17) is 9.47 Å². The van der Waals surface area contributed by atoms with E-state index < -0.39 is 0 Å². The molecule has 0 unspecified atom stereocenters. The summed E-state index contributed by atoms with van der Waals surface area (Å²) in [4.78, 5) is 16.8. The lowest BCUT2D eigenvalue weighted by Gasteiger charge is -2.41. The molecule has 0 fully saturated rings. The molecule has 3 aromatic carbocycles. The molecule has 1 aromatic heterocycles. The van der Waals surface area contributed by atoms with Crippen LogP contribution in [0.1, 0.15) is 96.5 Å². The Hall–Kier alpha value is -3.93. The van der Waals surface area contributed by atoms with Crippen LogP contribution in [0.5, 0.6) is 5.75 Å². The molecule has 0 amide bonds. The van der Waals surface area contributed by atoms with Crippen LogP contribution in [0.25, 0.3) is 32.0 Å². The number of thiophene rings is 1. The molecule has 0 saturated heterocycles. The molecule has 1 heterocycles. The van der Waals surface area contributed by atoms with Crippen molar-refractivity contribution in [1.82, 2.24) is 4.90 Å². The molecule has 5 heteroatoms. The van der Waals surface area contributed by atoms with Crippen molar-refractivity contribution in [3.63, 3.8) is 0 Å². The van der Waals surface area contributed by atoms with Crippen LogP contribution >= 0.6 is 11.3 Å². The maximum Gasteiger partial charge on any atom is 0.306 e. The Morgan fingerprint density at radius 3 is 1.84 bits per heavy atom. The van der Waals surface area contributed by atoms with Crippen LogP contribution < -0.4 is 4.74 Å². The maximum atomic E-state index is 11.8. The van der Waals surface area contributed by atoms with Gasteiger partial charge >= 0.3 is 5.97 Å². The molecule has 4 aromatic rings. The van der Waals surface area contributed by atoms with Gasteiger partial charge in [0.25, 0.3) is 0 Å². The Morgan fingerprint density at radius 1 is 0.725 bits per heavy atom. The summed E-state index contributed by atoms with van der Waals surface area (Å²) in [6.45, 7) is 12.6. The Labute approximate surface area is 312 Å². The monoisotopic (exact) mass is 705 g/mol. The number of nitrogens with zero attached hydrogens (tertiary/aromatic N) is 1. The first-order valence-electron chi connectivity index (χ1n) is 19.0. The zero-order valence-electron chi connectivity index (χ0n) is 31.5. The van der Waals surface area contributed by atoms with Gasteiger partial charge in [0, 0.05) is 21.7 Å². The van der Waals surface area contributed by atoms with Gasteiger partial charge in [-0.2, -0.15) is 0 Å². The predicted molar refractivity (Wildman–Crippen MR) is 219 cm³/mol. The first kappa shape index (κ1) is 39.8. The molecule has 0 saturated carbocycles. The molecule has 0 atom stereocenters. The molecule has 0 aliphatic heterocycles. The van der Waals surface area contributed by atoms with Crippen molar-refractivity contribution < 1.29 is 14.3 Å². The lowest BCUT2D eigenvalue weighted by molar-refractivity contribution is -0.145. The Bertz CT molecular complexity index is 1620. The summed E-state index contributed by atoms with van der Waals surface area (Å²) in [5.74, 6) is 0.745. The van der Waals surface area contributed by atoms with Crippen LogP contribution in [0.15, 0.2) is 110 Å². The Balaban J connectivity index is 1.21. The summed E-state index contributed by atoms with van der Waals surface area (Å²) in [5.41, 5.74) is 6.48. The fourth-order valence-electron chi connectivity index (χ4n) is 6.97. The third-order valence-electron chi connectivity index (χ3n) is 9.86. The van der Waals surface area contributed by atoms with Crippen LogP contribution in [-0.2, 0) is 15.1 Å². The smallest absolute Gasteiger partial charge is 0.306 e. The normalized spacial score (nSPS) is 11.6. The number of benzene rings is 3. The number of ether oxygens (including phenoxy) is 2. The van der Waals surface area contributed by atoms with Crippen molar-refractivity contribution in [3.8, 4) is 37.8 Å². The van der Waals surface area contributed by atoms with E-state index in [1.54, 1.807) is 12.2 Å². The average Bonchev–Trinajstić information content (AvgIpc) is 3.65. The highest BCUT2D eigenvalue weighted by Gasteiger charge is 2.33. The van der Waals surface area contributed by atoms with Gasteiger partial charge in [-0.1, -0.05) is 114 Å². The Morgan fingerprint density at radius 2 is 1.27 bits per heavy atom. The zero-order valence-corrected chi connectivity index (χ0v) is 32.3. The van der Waals surface area contributed by atoms with E-state index in [1.165, 1.54) is 63.3 Å². The second kappa shape index (κ2) is 20.8. The molecular weight excluding hydrogens is 647 g/mol. The summed E-state index contributed by atoms with van der Waals surface area (Å²) >= 11 is 1.83. The van der Waals surface area contributed by atoms with Crippen molar-refractivity contribution in [3.05, 3.63) is 116 Å². The van der Waals surface area contributed by atoms with E-state index in [1.807, 2.05) is 11.3 Å². The highest BCUT2D eigenvalue weighted by Crippen LogP contribution is 2.39. The molecule has 0 spiro atoms. The number of carbonyl (C=O) groups is 1. The van der Waals surface area contributed by atoms with Crippen LogP contribution in [0, 0.1) is 0 Å². The van der Waals surface area contributed by atoms with E-state index in [2.05, 4.69) is 131 Å². The minimum Gasteiger partial charge on any atom is -0.494 e. The number of hydrogen-bond acceptors (Lipinski definition) is 5. The van der Waals surface area contributed by atoms with Crippen LogP contribution in [0.3, 0.4) is 0 Å². The van der Waals surface area contributed by atoms with Gasteiger partial charge in [-0.25, -0.2) is 0 Å². The third kappa shape index (κ3) is 11.5. The Kier molecular flexibility index (Phi) is 16.3. The molecule has 51 heavy (non-hydrogen) atoms. The van der Waals surface area contributed by atoms with Crippen LogP contribution in [0.2, 0.25) is 0 Å². The number of rotatable bonds is 23. The highest BCUT2D eigenvalue weighted by atomic mass is 32.1. The summed E-state index contributed by atoms with van der Waals surface area (Å²) in [7, 11) is 4.46. The highest BCUT2D eigenvalue weighted by molar-refractivity contribution is 7.18. The van der Waals surface area contributed by atoms with Crippen molar-refractivity contribution >= 4 is 17.3 Å². The molecule has 0 radical (unpaired) electrons. The van der Waals surface area contributed by atoms with E-state index in [-0.39, 0.29) is 17.6 Å². The van der Waals surface area contributed by atoms with Gasteiger partial charge in [-0.15, -0.1) is 11.3 Å². The molecule has 272 valence electrons. The standard InChI is InChI=1S/C46H59NO3S/c1-7-32-46(33-8-2,47(5)6)40-20-18-19-39(35-40)36-22-24-37(25-23-36)43-30-31-44(51-43)38-26-28-42(29-27-38)49-34-17-15-13-11-12-14-16-21-45(48)50-41(9-3)10-4/h9-10,18-20,22-31,35,41H,3-4,7-8,11-17,21,32-34H2,1-2,5-6H3. The number of esters is 1. The van der Waals surface area contributed by atoms with Gasteiger partial charge in [-0.3, -0.25) is 9.69 Å². The lowest BCUT2D eigenvalue weighted by atomic mass is 9.79. The van der Waals surface area contributed by atoms with Gasteiger partial charge in [0.1, 0.15) is 11.9 Å². The first-order chi connectivity index (χ1) is 24.8. The molecule has 4 nitrogen and oxygen atoms in total. The van der Waals surface area contributed by atoms with Crippen molar-refractivity contribution in [1.29, 1.82) is 0 Å². The topological polar surface area (TPSA) is 38.8 Å². The number of unbranched alkanes of at least 4 members (excludes halogenated alkanes) is 6. The fraction of sp³-hybridized carbons (Fsp3) is 0.413. The minimum absolute atomic E-state index is 0.0714. The lowest BCUT2D eigenvalue weighted by Crippen LogP contribution is -2.41. The van der Waals surface area contributed by atoms with Crippen molar-refractivity contribution in [2.45, 2.75) is 103 Å². The van der Waals surface area contributed by atoms with E-state index in [0.717, 1.165) is 57.3 Å². The zero-order chi connectivity index (χ0) is 36.5. The molecule has 0 bridgehead atoms. The second-order valence-electron chi connectivity index (χ2n) is 13.8. The largest absolute Gasteiger partial charge is 0.494 e. The van der Waals surface area contributed by atoms with Crippen LogP contribution in [-0.4, -0.2) is 37.7 Å². The summed E-state index contributed by atoms with van der Waals surface area (Å²) < 4.78 is 11.3. The van der Waals surface area contributed by atoms with E-state index >= 15 is 0 Å². The van der Waals surface area contributed by atoms with Crippen molar-refractivity contribution in [2.24, 2.45) is 0 Å². The summed E-state index contributed by atoms with van der Waals surface area (Å²) in [6, 6.07) is 31.2. The maximum absolute atomic E-state index is 11.8. The van der Waals surface area contributed by atoms with E-state index in [0.29, 0.717) is 6.42 Å². The summed E-state index contributed by atoms with van der Waals surface area (Å²) in [5, 5.41) is 0. The van der Waals surface area contributed by atoms with Crippen molar-refractivity contribution in [2.75, 3.05) is 20.7 Å². The van der Waals surface area contributed by atoms with Gasteiger partial charge in [-0.05, 0) is 122 Å². The number of carbonyl (C=O) groups excluding carboxylic acids is 1. The number of hydrogen-bond donors (Lipinski definition) is 0. The molecule has 0 N–H and O–H groups in total. The molecule has 0 aliphatic rings. The van der Waals surface area contributed by atoms with Gasteiger partial charge in [0.2, 0.25) is 0 Å². The average molecular weight is 706 g/mol. The fourth-order valence-corrected chi connectivity index (χ4v) is 7.99. The molecule has 0 aliphatic carbocycles. The second-order valence-corrected chi connectivity index (χ2v) is 14.9. The quantitative estimate of drug-likeness (QED) is 0.0437. The predicted octanol–water partition coefficient (Wildman–Crippen LogP) is 12.9. The SMILES string of the molecule is C=CC(C=C)OC(=O)CCCCCCCCCOc1ccc(-c2ccc(-c3ccc(-c4cccc(C(CCC)(CCC)N(C)C)c4)cc3)s2)cc1. The van der Waals surface area contributed by atoms with Gasteiger partial charge < -0.3 is 9.47 Å². The van der Waals surface area contributed by atoms with E-state index in [9.17, 15) is 4.79 Å². The summed E-state index contributed by atoms with van der Waals surface area (Å²) in [6.07, 6.45) is 15.5. The van der Waals surface area contributed by atoms with Crippen LogP contribution in [0.4, 0.5) is 0 Å². The minimum atomic E-state index is -0.386. The molecular formula is C46H59NO3S.